The monoisotopic (exact) mass is 255 g/mol. The number of thiol groups is 1. The van der Waals surface area contributed by atoms with Crippen LogP contribution < -0.4 is 0 Å². The van der Waals surface area contributed by atoms with E-state index in [0.29, 0.717) is 11.3 Å². The van der Waals surface area contributed by atoms with Crippen molar-refractivity contribution in [2.45, 2.75) is 30.0 Å². The lowest BCUT2D eigenvalue weighted by Crippen LogP contribution is -2.21. The molecule has 1 nitrogen and oxygen atoms in total. The molecule has 0 aliphatic carbocycles. The van der Waals surface area contributed by atoms with Crippen LogP contribution in [-0.2, 0) is 0 Å². The lowest BCUT2D eigenvalue weighted by molar-refractivity contribution is 0.326. The van der Waals surface area contributed by atoms with Gasteiger partial charge in [-0.15, -0.1) is 11.8 Å². The van der Waals surface area contributed by atoms with Gasteiger partial charge in [0.1, 0.15) is 0 Å². The molecule has 0 saturated carbocycles. The second-order valence-corrected chi connectivity index (χ2v) is 6.41. The standard InChI is InChI=1S/C13H21NS2/c1-10(2)16-12-7-5-11(6-8-12)13(9-15)14(3)4/h5-8,10,13,15H,9H2,1-4H3. The predicted octanol–water partition coefficient (Wildman–Crippen LogP) is 3.72. The highest BCUT2D eigenvalue weighted by Gasteiger charge is 2.11. The summed E-state index contributed by atoms with van der Waals surface area (Å²) in [4.78, 5) is 3.55. The molecule has 0 aliphatic rings. The van der Waals surface area contributed by atoms with E-state index in [1.165, 1.54) is 10.5 Å². The quantitative estimate of drug-likeness (QED) is 0.631. The van der Waals surface area contributed by atoms with E-state index < -0.39 is 0 Å². The first kappa shape index (κ1) is 13.9. The third-order valence-corrected chi connectivity index (χ3v) is 3.79. The molecule has 0 saturated heterocycles. The van der Waals surface area contributed by atoms with Gasteiger partial charge in [0, 0.05) is 21.9 Å². The zero-order valence-corrected chi connectivity index (χ0v) is 12.2. The molecule has 0 radical (unpaired) electrons. The Morgan fingerprint density at radius 2 is 1.75 bits per heavy atom. The lowest BCUT2D eigenvalue weighted by atomic mass is 10.1. The minimum Gasteiger partial charge on any atom is -0.302 e. The van der Waals surface area contributed by atoms with Crippen molar-refractivity contribution in [1.29, 1.82) is 0 Å². The Morgan fingerprint density at radius 1 is 1.19 bits per heavy atom. The highest BCUT2D eigenvalue weighted by Crippen LogP contribution is 2.26. The molecule has 1 aromatic rings. The van der Waals surface area contributed by atoms with E-state index in [-0.39, 0.29) is 0 Å². The molecule has 0 aliphatic heterocycles. The lowest BCUT2D eigenvalue weighted by Gasteiger charge is -2.23. The van der Waals surface area contributed by atoms with E-state index in [0.717, 1.165) is 5.75 Å². The molecule has 1 unspecified atom stereocenters. The SMILES string of the molecule is CC(C)Sc1ccc(C(CS)N(C)C)cc1. The maximum atomic E-state index is 4.40. The third-order valence-electron chi connectivity index (χ3n) is 2.43. The van der Waals surface area contributed by atoms with Gasteiger partial charge in [0.15, 0.2) is 0 Å². The largest absolute Gasteiger partial charge is 0.302 e. The summed E-state index contributed by atoms with van der Waals surface area (Å²) in [5, 5.41) is 0.639. The molecular weight excluding hydrogens is 234 g/mol. The fourth-order valence-corrected chi connectivity index (χ4v) is 2.98. The summed E-state index contributed by atoms with van der Waals surface area (Å²) in [6.45, 7) is 4.43. The van der Waals surface area contributed by atoms with Gasteiger partial charge < -0.3 is 4.90 Å². The normalized spacial score (nSPS) is 13.4. The van der Waals surface area contributed by atoms with E-state index in [2.05, 4.69) is 69.7 Å². The van der Waals surface area contributed by atoms with Crippen LogP contribution in [0.25, 0.3) is 0 Å². The average Bonchev–Trinajstić information content (AvgIpc) is 2.20. The molecule has 0 aromatic heterocycles. The van der Waals surface area contributed by atoms with Crippen LogP contribution >= 0.6 is 24.4 Å². The van der Waals surface area contributed by atoms with Gasteiger partial charge in [-0.1, -0.05) is 26.0 Å². The molecule has 0 fully saturated rings. The number of hydrogen-bond acceptors (Lipinski definition) is 3. The number of nitrogens with zero attached hydrogens (tertiary/aromatic N) is 1. The van der Waals surface area contributed by atoms with Crippen LogP contribution in [0.15, 0.2) is 29.2 Å². The van der Waals surface area contributed by atoms with Gasteiger partial charge in [0.2, 0.25) is 0 Å². The van der Waals surface area contributed by atoms with E-state index in [4.69, 9.17) is 0 Å². The van der Waals surface area contributed by atoms with Crippen molar-refractivity contribution < 1.29 is 0 Å². The summed E-state index contributed by atoms with van der Waals surface area (Å²) in [5.41, 5.74) is 1.34. The predicted molar refractivity (Wildman–Crippen MR) is 77.7 cm³/mol. The Bertz CT molecular complexity index is 306. The zero-order chi connectivity index (χ0) is 12.1. The fourth-order valence-electron chi connectivity index (χ4n) is 1.61. The van der Waals surface area contributed by atoms with Crippen LogP contribution in [-0.4, -0.2) is 30.0 Å². The second kappa shape index (κ2) is 6.58. The van der Waals surface area contributed by atoms with Gasteiger partial charge in [-0.2, -0.15) is 12.6 Å². The van der Waals surface area contributed by atoms with Crippen LogP contribution in [0.4, 0.5) is 0 Å². The van der Waals surface area contributed by atoms with Crippen molar-refractivity contribution in [2.24, 2.45) is 0 Å². The van der Waals surface area contributed by atoms with Crippen molar-refractivity contribution >= 4 is 24.4 Å². The minimum absolute atomic E-state index is 0.404. The maximum absolute atomic E-state index is 4.40. The summed E-state index contributed by atoms with van der Waals surface area (Å²) in [7, 11) is 4.19. The number of benzene rings is 1. The van der Waals surface area contributed by atoms with Gasteiger partial charge in [0.25, 0.3) is 0 Å². The van der Waals surface area contributed by atoms with Crippen molar-refractivity contribution in [1.82, 2.24) is 4.90 Å². The van der Waals surface area contributed by atoms with Gasteiger partial charge in [0.05, 0.1) is 0 Å². The van der Waals surface area contributed by atoms with Crippen molar-refractivity contribution in [3.63, 3.8) is 0 Å². The summed E-state index contributed by atoms with van der Waals surface area (Å²) in [6.07, 6.45) is 0. The zero-order valence-electron chi connectivity index (χ0n) is 10.5. The Kier molecular flexibility index (Phi) is 5.73. The van der Waals surface area contributed by atoms with E-state index in [9.17, 15) is 0 Å². The molecule has 0 N–H and O–H groups in total. The highest BCUT2D eigenvalue weighted by molar-refractivity contribution is 7.99. The Hall–Kier alpha value is -0.120. The summed E-state index contributed by atoms with van der Waals surface area (Å²) in [5.74, 6) is 0.851. The fraction of sp³-hybridized carbons (Fsp3) is 0.538. The molecule has 0 bridgehead atoms. The molecule has 16 heavy (non-hydrogen) atoms. The number of hydrogen-bond donors (Lipinski definition) is 1. The Labute approximate surface area is 109 Å². The van der Waals surface area contributed by atoms with E-state index >= 15 is 0 Å². The van der Waals surface area contributed by atoms with Crippen LogP contribution in [0.3, 0.4) is 0 Å². The van der Waals surface area contributed by atoms with Crippen LogP contribution in [0, 0.1) is 0 Å². The van der Waals surface area contributed by atoms with Crippen molar-refractivity contribution in [3.8, 4) is 0 Å². The highest BCUT2D eigenvalue weighted by atomic mass is 32.2. The molecule has 1 aromatic carbocycles. The molecule has 1 atom stereocenters. The average molecular weight is 255 g/mol. The molecule has 0 heterocycles. The number of rotatable bonds is 5. The van der Waals surface area contributed by atoms with Crippen LogP contribution in [0.2, 0.25) is 0 Å². The van der Waals surface area contributed by atoms with Gasteiger partial charge in [-0.05, 0) is 31.8 Å². The summed E-state index contributed by atoms with van der Waals surface area (Å²) in [6, 6.07) is 9.25. The molecule has 3 heteroatoms. The first-order valence-corrected chi connectivity index (χ1v) is 7.09. The molecule has 90 valence electrons. The Balaban J connectivity index is 2.77. The van der Waals surface area contributed by atoms with E-state index in [1.54, 1.807) is 0 Å². The van der Waals surface area contributed by atoms with Crippen molar-refractivity contribution in [3.05, 3.63) is 29.8 Å². The first-order valence-electron chi connectivity index (χ1n) is 5.58. The summed E-state index contributed by atoms with van der Waals surface area (Å²) < 4.78 is 0. The van der Waals surface area contributed by atoms with Crippen molar-refractivity contribution in [2.75, 3.05) is 19.8 Å². The van der Waals surface area contributed by atoms with Gasteiger partial charge >= 0.3 is 0 Å². The molecule has 0 spiro atoms. The van der Waals surface area contributed by atoms with Gasteiger partial charge in [-0.25, -0.2) is 0 Å². The maximum Gasteiger partial charge on any atom is 0.0429 e. The molecular formula is C13H21NS2. The first-order chi connectivity index (χ1) is 7.54. The van der Waals surface area contributed by atoms with Crippen LogP contribution in [0.5, 0.6) is 0 Å². The summed E-state index contributed by atoms with van der Waals surface area (Å²) >= 11 is 6.30. The van der Waals surface area contributed by atoms with Crippen LogP contribution in [0.1, 0.15) is 25.5 Å². The Morgan fingerprint density at radius 3 is 2.12 bits per heavy atom. The topological polar surface area (TPSA) is 3.24 Å². The number of thioether (sulfide) groups is 1. The molecule has 1 rings (SSSR count). The van der Waals surface area contributed by atoms with Gasteiger partial charge in [-0.3, -0.25) is 0 Å². The minimum atomic E-state index is 0.404. The smallest absolute Gasteiger partial charge is 0.0429 e. The molecule has 0 amide bonds. The third kappa shape index (κ3) is 4.04. The van der Waals surface area contributed by atoms with E-state index in [1.807, 2.05) is 11.8 Å². The second-order valence-electron chi connectivity index (χ2n) is 4.40.